The Hall–Kier alpha value is -3.82. The molecule has 0 radical (unpaired) electrons. The number of hydrogen-bond acceptors (Lipinski definition) is 4. The molecule has 1 unspecified atom stereocenters. The van der Waals surface area contributed by atoms with E-state index in [0.717, 1.165) is 16.7 Å². The monoisotopic (exact) mass is 523 g/mol. The van der Waals surface area contributed by atoms with Crippen LogP contribution in [0.4, 0.5) is 11.4 Å². The largest absolute Gasteiger partial charge is 0.321 e. The van der Waals surface area contributed by atoms with E-state index >= 15 is 0 Å². The molecule has 1 heterocycles. The van der Waals surface area contributed by atoms with Crippen molar-refractivity contribution < 1.29 is 9.59 Å². The zero-order valence-electron chi connectivity index (χ0n) is 22.5. The maximum absolute atomic E-state index is 13.8. The predicted octanol–water partition coefficient (Wildman–Crippen LogP) is 7.31. The second kappa shape index (κ2) is 11.7. The summed E-state index contributed by atoms with van der Waals surface area (Å²) in [4.78, 5) is 28.6. The average Bonchev–Trinajstić information content (AvgIpc) is 3.20. The standard InChI is InChI=1S/C32H33N3O2S/c1-20(2)24-11-9-23(10-12-24)18-29-31(37)35(27-15-13-25(14-16-27)21(3)4)32(38-29)28(19-33)30(36)34-26-8-6-7-22(5)17-26/h6-17,20-21,29H,18H2,1-5H3,(H,34,36)/b32-28-. The van der Waals surface area contributed by atoms with Crippen molar-refractivity contribution in [3.63, 3.8) is 0 Å². The van der Waals surface area contributed by atoms with E-state index in [1.807, 2.05) is 49.4 Å². The summed E-state index contributed by atoms with van der Waals surface area (Å²) in [6.07, 6.45) is 0.504. The van der Waals surface area contributed by atoms with Crippen molar-refractivity contribution >= 4 is 35.0 Å². The molecule has 3 aromatic rings. The van der Waals surface area contributed by atoms with Gasteiger partial charge < -0.3 is 5.32 Å². The number of aryl methyl sites for hydroxylation is 1. The van der Waals surface area contributed by atoms with Gasteiger partial charge in [0.05, 0.1) is 5.25 Å². The number of carbonyl (C=O) groups excluding carboxylic acids is 2. The zero-order chi connectivity index (χ0) is 27.4. The van der Waals surface area contributed by atoms with Gasteiger partial charge in [-0.25, -0.2) is 0 Å². The summed E-state index contributed by atoms with van der Waals surface area (Å²) in [5.74, 6) is 0.111. The van der Waals surface area contributed by atoms with Crippen LogP contribution in [0.15, 0.2) is 83.4 Å². The van der Waals surface area contributed by atoms with Gasteiger partial charge in [-0.3, -0.25) is 14.5 Å². The van der Waals surface area contributed by atoms with Crippen LogP contribution in [0.25, 0.3) is 0 Å². The molecule has 1 N–H and O–H groups in total. The maximum atomic E-state index is 13.8. The summed E-state index contributed by atoms with van der Waals surface area (Å²) in [6.45, 7) is 10.5. The lowest BCUT2D eigenvalue weighted by Crippen LogP contribution is -2.31. The van der Waals surface area contributed by atoms with Crippen molar-refractivity contribution in [2.45, 2.75) is 58.1 Å². The molecular weight excluding hydrogens is 490 g/mol. The molecule has 38 heavy (non-hydrogen) atoms. The number of nitrogens with zero attached hydrogens (tertiary/aromatic N) is 2. The normalized spacial score (nSPS) is 16.6. The SMILES string of the molecule is Cc1cccc(NC(=O)/C(C#N)=C2\SC(Cc3ccc(C(C)C)cc3)C(=O)N2c2ccc(C(C)C)cc2)c1. The van der Waals surface area contributed by atoms with Crippen LogP contribution in [0.5, 0.6) is 0 Å². The number of nitriles is 1. The van der Waals surface area contributed by atoms with Gasteiger partial charge in [0.2, 0.25) is 5.91 Å². The fraction of sp³-hybridized carbons (Fsp3) is 0.281. The lowest BCUT2D eigenvalue weighted by Gasteiger charge is -2.19. The Balaban J connectivity index is 1.71. The minimum atomic E-state index is -0.529. The van der Waals surface area contributed by atoms with Gasteiger partial charge in [0.15, 0.2) is 0 Å². The Bertz CT molecular complexity index is 1400. The number of hydrogen-bond donors (Lipinski definition) is 1. The van der Waals surface area contributed by atoms with Crippen LogP contribution in [0.3, 0.4) is 0 Å². The van der Waals surface area contributed by atoms with E-state index in [0.29, 0.717) is 34.7 Å². The molecule has 2 amide bonds. The number of rotatable bonds is 7. The quantitative estimate of drug-likeness (QED) is 0.260. The molecule has 3 aromatic carbocycles. The van der Waals surface area contributed by atoms with Crippen molar-refractivity contribution in [3.8, 4) is 6.07 Å². The summed E-state index contributed by atoms with van der Waals surface area (Å²) in [5.41, 5.74) is 5.61. The van der Waals surface area contributed by atoms with Gasteiger partial charge in [-0.2, -0.15) is 5.26 Å². The van der Waals surface area contributed by atoms with E-state index in [2.05, 4.69) is 63.3 Å². The Morgan fingerprint density at radius 2 is 1.58 bits per heavy atom. The highest BCUT2D eigenvalue weighted by Crippen LogP contribution is 2.42. The minimum absolute atomic E-state index is 0.0737. The number of carbonyl (C=O) groups is 2. The molecule has 1 fully saturated rings. The molecule has 0 spiro atoms. The molecule has 0 aromatic heterocycles. The first-order valence-corrected chi connectivity index (χ1v) is 13.8. The third-order valence-electron chi connectivity index (χ3n) is 6.67. The van der Waals surface area contributed by atoms with Crippen LogP contribution in [-0.4, -0.2) is 17.1 Å². The molecule has 0 saturated carbocycles. The molecule has 0 aliphatic carbocycles. The van der Waals surface area contributed by atoms with Crippen LogP contribution in [0.1, 0.15) is 61.8 Å². The molecule has 6 heteroatoms. The van der Waals surface area contributed by atoms with Crippen LogP contribution < -0.4 is 10.2 Å². The van der Waals surface area contributed by atoms with Gasteiger partial charge in [0, 0.05) is 11.4 Å². The Morgan fingerprint density at radius 3 is 2.13 bits per heavy atom. The van der Waals surface area contributed by atoms with E-state index in [4.69, 9.17) is 0 Å². The second-order valence-electron chi connectivity index (χ2n) is 10.2. The average molecular weight is 524 g/mol. The number of benzene rings is 3. The molecule has 1 saturated heterocycles. The van der Waals surface area contributed by atoms with Crippen LogP contribution in [0.2, 0.25) is 0 Å². The number of amides is 2. The molecule has 1 aliphatic heterocycles. The molecular formula is C32H33N3O2S. The molecule has 194 valence electrons. The topological polar surface area (TPSA) is 73.2 Å². The lowest BCUT2D eigenvalue weighted by atomic mass is 10.00. The summed E-state index contributed by atoms with van der Waals surface area (Å²) in [6, 6.07) is 25.6. The Labute approximate surface area is 229 Å². The Kier molecular flexibility index (Phi) is 8.38. The summed E-state index contributed by atoms with van der Waals surface area (Å²) in [5, 5.41) is 12.8. The highest BCUT2D eigenvalue weighted by Gasteiger charge is 2.40. The van der Waals surface area contributed by atoms with E-state index in [1.54, 1.807) is 6.07 Å². The van der Waals surface area contributed by atoms with Gasteiger partial charge in [0.1, 0.15) is 16.7 Å². The number of nitrogens with one attached hydrogen (secondary N) is 1. The van der Waals surface area contributed by atoms with Crippen molar-refractivity contribution in [3.05, 3.63) is 106 Å². The second-order valence-corrected chi connectivity index (χ2v) is 11.4. The molecule has 5 nitrogen and oxygen atoms in total. The minimum Gasteiger partial charge on any atom is -0.321 e. The fourth-order valence-electron chi connectivity index (χ4n) is 4.40. The van der Waals surface area contributed by atoms with Crippen LogP contribution in [0, 0.1) is 18.3 Å². The molecule has 0 bridgehead atoms. The van der Waals surface area contributed by atoms with E-state index in [1.165, 1.54) is 22.2 Å². The van der Waals surface area contributed by atoms with Crippen molar-refractivity contribution in [2.24, 2.45) is 0 Å². The summed E-state index contributed by atoms with van der Waals surface area (Å²) in [7, 11) is 0. The van der Waals surface area contributed by atoms with Crippen LogP contribution >= 0.6 is 11.8 Å². The van der Waals surface area contributed by atoms with Gasteiger partial charge >= 0.3 is 0 Å². The maximum Gasteiger partial charge on any atom is 0.269 e. The lowest BCUT2D eigenvalue weighted by molar-refractivity contribution is -0.117. The van der Waals surface area contributed by atoms with Gasteiger partial charge in [0.25, 0.3) is 5.91 Å². The predicted molar refractivity (Wildman–Crippen MR) is 156 cm³/mol. The zero-order valence-corrected chi connectivity index (χ0v) is 23.3. The van der Waals surface area contributed by atoms with Gasteiger partial charge in [-0.15, -0.1) is 0 Å². The van der Waals surface area contributed by atoms with E-state index < -0.39 is 11.2 Å². The summed E-state index contributed by atoms with van der Waals surface area (Å²) < 4.78 is 0. The van der Waals surface area contributed by atoms with E-state index in [-0.39, 0.29) is 11.5 Å². The van der Waals surface area contributed by atoms with Crippen molar-refractivity contribution in [2.75, 3.05) is 10.2 Å². The van der Waals surface area contributed by atoms with Crippen molar-refractivity contribution in [1.82, 2.24) is 0 Å². The highest BCUT2D eigenvalue weighted by atomic mass is 32.2. The number of thioether (sulfide) groups is 1. The van der Waals surface area contributed by atoms with Gasteiger partial charge in [-0.05, 0) is 71.7 Å². The smallest absolute Gasteiger partial charge is 0.269 e. The summed E-state index contributed by atoms with van der Waals surface area (Å²) >= 11 is 1.28. The first-order chi connectivity index (χ1) is 18.2. The fourth-order valence-corrected chi connectivity index (χ4v) is 5.71. The number of anilines is 2. The first kappa shape index (κ1) is 27.2. The third kappa shape index (κ3) is 6.00. The van der Waals surface area contributed by atoms with E-state index in [9.17, 15) is 14.9 Å². The molecule has 4 rings (SSSR count). The Morgan fingerprint density at radius 1 is 0.974 bits per heavy atom. The van der Waals surface area contributed by atoms with Crippen molar-refractivity contribution in [1.29, 1.82) is 5.26 Å². The van der Waals surface area contributed by atoms with Gasteiger partial charge in [-0.1, -0.05) is 88.0 Å². The highest BCUT2D eigenvalue weighted by molar-refractivity contribution is 8.05. The molecule has 1 atom stereocenters. The molecule has 1 aliphatic rings. The van der Waals surface area contributed by atoms with Crippen LogP contribution in [-0.2, 0) is 16.0 Å². The first-order valence-electron chi connectivity index (χ1n) is 12.9. The third-order valence-corrected chi connectivity index (χ3v) is 7.93.